The van der Waals surface area contributed by atoms with Crippen LogP contribution in [-0.4, -0.2) is 36.7 Å². The number of nitrogens with one attached hydrogen (secondary N) is 1. The molecule has 0 fully saturated rings. The monoisotopic (exact) mass is 279 g/mol. The highest BCUT2D eigenvalue weighted by Gasteiger charge is 2.28. The molecule has 1 amide bonds. The largest absolute Gasteiger partial charge is 0.497 e. The Morgan fingerprint density at radius 1 is 1.50 bits per heavy atom. The second-order valence-corrected chi connectivity index (χ2v) is 4.75. The van der Waals surface area contributed by atoms with Crippen molar-refractivity contribution in [3.63, 3.8) is 0 Å². The number of methoxy groups -OCH3 is 1. The van der Waals surface area contributed by atoms with Gasteiger partial charge in [0.2, 0.25) is 5.91 Å². The molecule has 2 atom stereocenters. The molecule has 0 aromatic heterocycles. The number of hydrogen-bond acceptors (Lipinski definition) is 4. The van der Waals surface area contributed by atoms with Gasteiger partial charge in [0.05, 0.1) is 13.0 Å². The van der Waals surface area contributed by atoms with E-state index in [4.69, 9.17) is 14.6 Å². The van der Waals surface area contributed by atoms with Crippen LogP contribution in [0.25, 0.3) is 0 Å². The lowest BCUT2D eigenvalue weighted by molar-refractivity contribution is -0.142. The van der Waals surface area contributed by atoms with E-state index in [0.717, 1.165) is 11.3 Å². The van der Waals surface area contributed by atoms with Crippen molar-refractivity contribution in [2.75, 3.05) is 13.7 Å². The Balaban J connectivity index is 2.06. The first kappa shape index (κ1) is 14.2. The summed E-state index contributed by atoms with van der Waals surface area (Å²) in [6, 6.07) is 4.53. The first-order valence-electron chi connectivity index (χ1n) is 6.34. The van der Waals surface area contributed by atoms with Gasteiger partial charge >= 0.3 is 5.97 Å². The summed E-state index contributed by atoms with van der Waals surface area (Å²) in [6.45, 7) is 1.68. The molecule has 108 valence electrons. The topological polar surface area (TPSA) is 84.9 Å². The number of carboxylic acid groups (broad SMARTS) is 1. The zero-order chi connectivity index (χ0) is 14.7. The van der Waals surface area contributed by atoms with Crippen molar-refractivity contribution in [1.82, 2.24) is 5.32 Å². The molecule has 2 N–H and O–H groups in total. The first-order chi connectivity index (χ1) is 9.51. The summed E-state index contributed by atoms with van der Waals surface area (Å²) >= 11 is 0. The number of fused-ring (bicyclic) bond motifs is 1. The van der Waals surface area contributed by atoms with E-state index in [1.54, 1.807) is 13.2 Å². The van der Waals surface area contributed by atoms with Crippen LogP contribution in [-0.2, 0) is 16.0 Å². The van der Waals surface area contributed by atoms with Gasteiger partial charge in [0.15, 0.2) is 0 Å². The van der Waals surface area contributed by atoms with Crippen LogP contribution in [0.2, 0.25) is 0 Å². The average Bonchev–Trinajstić information content (AvgIpc) is 2.45. The van der Waals surface area contributed by atoms with E-state index in [9.17, 15) is 9.59 Å². The average molecular weight is 279 g/mol. The molecular weight excluding hydrogens is 262 g/mol. The van der Waals surface area contributed by atoms with Crippen molar-refractivity contribution in [1.29, 1.82) is 0 Å². The van der Waals surface area contributed by atoms with Crippen LogP contribution >= 0.6 is 0 Å². The minimum Gasteiger partial charge on any atom is -0.497 e. The minimum atomic E-state index is -1.06. The first-order valence-corrected chi connectivity index (χ1v) is 6.34. The Kier molecular flexibility index (Phi) is 4.12. The van der Waals surface area contributed by atoms with E-state index in [1.165, 1.54) is 6.92 Å². The number of carbonyl (C=O) groups excluding carboxylic acids is 1. The van der Waals surface area contributed by atoms with E-state index in [1.807, 2.05) is 12.1 Å². The van der Waals surface area contributed by atoms with Crippen LogP contribution in [0.3, 0.4) is 0 Å². The molecule has 1 heterocycles. The molecule has 1 aromatic rings. The molecule has 1 aliphatic heterocycles. The maximum Gasteiger partial charge on any atom is 0.325 e. The molecular formula is C14H17NO5. The molecule has 0 spiro atoms. The van der Waals surface area contributed by atoms with Crippen LogP contribution in [0, 0.1) is 5.92 Å². The van der Waals surface area contributed by atoms with E-state index in [0.29, 0.717) is 12.2 Å². The Bertz CT molecular complexity index is 528. The molecule has 6 nitrogen and oxygen atoms in total. The summed E-state index contributed by atoms with van der Waals surface area (Å²) in [5, 5.41) is 11.3. The van der Waals surface area contributed by atoms with Crippen LogP contribution in [0.5, 0.6) is 11.5 Å². The molecule has 0 unspecified atom stereocenters. The zero-order valence-electron chi connectivity index (χ0n) is 11.4. The Morgan fingerprint density at radius 3 is 2.90 bits per heavy atom. The Morgan fingerprint density at radius 2 is 2.25 bits per heavy atom. The van der Waals surface area contributed by atoms with Crippen molar-refractivity contribution in [2.24, 2.45) is 5.92 Å². The Hall–Kier alpha value is -2.24. The van der Waals surface area contributed by atoms with Gasteiger partial charge in [0.1, 0.15) is 24.1 Å². The minimum absolute atomic E-state index is 0.248. The van der Waals surface area contributed by atoms with Gasteiger partial charge in [-0.2, -0.15) is 0 Å². The predicted octanol–water partition coefficient (Wildman–Crippen LogP) is 0.836. The molecule has 20 heavy (non-hydrogen) atoms. The van der Waals surface area contributed by atoms with Gasteiger partial charge in [-0.25, -0.2) is 0 Å². The molecule has 0 radical (unpaired) electrons. The smallest absolute Gasteiger partial charge is 0.325 e. The summed E-state index contributed by atoms with van der Waals surface area (Å²) in [4.78, 5) is 22.7. The molecule has 2 rings (SSSR count). The third-order valence-corrected chi connectivity index (χ3v) is 3.27. The molecule has 6 heteroatoms. The van der Waals surface area contributed by atoms with E-state index >= 15 is 0 Å². The normalized spacial score (nSPS) is 18.4. The number of carboxylic acids is 1. The highest BCUT2D eigenvalue weighted by Crippen LogP contribution is 2.30. The third kappa shape index (κ3) is 3.01. The lowest BCUT2D eigenvalue weighted by Crippen LogP contribution is -2.44. The maximum atomic E-state index is 12.0. The SMILES string of the molecule is COc1ccc2c(c1)C[C@H](C(=O)N[C@H](C)C(=O)O)CO2. The van der Waals surface area contributed by atoms with Crippen molar-refractivity contribution in [3.05, 3.63) is 23.8 Å². The van der Waals surface area contributed by atoms with Crippen molar-refractivity contribution < 1.29 is 24.2 Å². The molecule has 0 bridgehead atoms. The van der Waals surface area contributed by atoms with Gasteiger partial charge in [0, 0.05) is 0 Å². The fraction of sp³-hybridized carbons (Fsp3) is 0.429. The van der Waals surface area contributed by atoms with Crippen molar-refractivity contribution >= 4 is 11.9 Å². The second kappa shape index (κ2) is 5.81. The van der Waals surface area contributed by atoms with Crippen LogP contribution < -0.4 is 14.8 Å². The molecule has 0 aliphatic carbocycles. The lowest BCUT2D eigenvalue weighted by Gasteiger charge is -2.25. The second-order valence-electron chi connectivity index (χ2n) is 4.75. The van der Waals surface area contributed by atoms with E-state index in [-0.39, 0.29) is 12.5 Å². The van der Waals surface area contributed by atoms with Crippen LogP contribution in [0.15, 0.2) is 18.2 Å². The number of aliphatic carboxylic acids is 1. The van der Waals surface area contributed by atoms with Gasteiger partial charge in [-0.05, 0) is 37.1 Å². The Labute approximate surface area is 116 Å². The molecule has 1 aromatic carbocycles. The quantitative estimate of drug-likeness (QED) is 0.853. The standard InChI is InChI=1S/C14H17NO5/c1-8(14(17)18)15-13(16)10-5-9-6-11(19-2)3-4-12(9)20-7-10/h3-4,6,8,10H,5,7H2,1-2H3,(H,15,16)(H,17,18)/t8-,10+/m1/s1. The number of benzene rings is 1. The number of carbonyl (C=O) groups is 2. The number of rotatable bonds is 4. The summed E-state index contributed by atoms with van der Waals surface area (Å²) in [6.07, 6.45) is 0.505. The summed E-state index contributed by atoms with van der Waals surface area (Å²) in [7, 11) is 1.57. The molecule has 0 saturated heterocycles. The highest BCUT2D eigenvalue weighted by molar-refractivity contribution is 5.85. The third-order valence-electron chi connectivity index (χ3n) is 3.27. The predicted molar refractivity (Wildman–Crippen MR) is 70.9 cm³/mol. The van der Waals surface area contributed by atoms with Crippen LogP contribution in [0.1, 0.15) is 12.5 Å². The fourth-order valence-electron chi connectivity index (χ4n) is 2.06. The van der Waals surface area contributed by atoms with E-state index in [2.05, 4.69) is 5.32 Å². The van der Waals surface area contributed by atoms with Gasteiger partial charge in [0.25, 0.3) is 0 Å². The van der Waals surface area contributed by atoms with Crippen molar-refractivity contribution in [2.45, 2.75) is 19.4 Å². The van der Waals surface area contributed by atoms with Gasteiger partial charge < -0.3 is 19.9 Å². The summed E-state index contributed by atoms with van der Waals surface area (Å²) in [5.41, 5.74) is 0.888. The van der Waals surface area contributed by atoms with E-state index < -0.39 is 17.9 Å². The summed E-state index contributed by atoms with van der Waals surface area (Å²) < 4.78 is 10.7. The molecule has 1 aliphatic rings. The van der Waals surface area contributed by atoms with Crippen LogP contribution in [0.4, 0.5) is 0 Å². The summed E-state index contributed by atoms with van der Waals surface area (Å²) in [5.74, 6) is -0.324. The lowest BCUT2D eigenvalue weighted by atomic mass is 9.95. The number of ether oxygens (including phenoxy) is 2. The maximum absolute atomic E-state index is 12.0. The van der Waals surface area contributed by atoms with Gasteiger partial charge in [-0.1, -0.05) is 0 Å². The van der Waals surface area contributed by atoms with Gasteiger partial charge in [-0.3, -0.25) is 9.59 Å². The highest BCUT2D eigenvalue weighted by atomic mass is 16.5. The number of amides is 1. The van der Waals surface area contributed by atoms with Gasteiger partial charge in [-0.15, -0.1) is 0 Å². The number of hydrogen-bond donors (Lipinski definition) is 2. The molecule has 0 saturated carbocycles. The fourth-order valence-corrected chi connectivity index (χ4v) is 2.06. The zero-order valence-corrected chi connectivity index (χ0v) is 11.4. The van der Waals surface area contributed by atoms with Crippen molar-refractivity contribution in [3.8, 4) is 11.5 Å².